The van der Waals surface area contributed by atoms with Crippen LogP contribution in [0.15, 0.2) is 71.5 Å². The number of nitrogens with zero attached hydrogens (tertiary/aromatic N) is 3. The fourth-order valence-electron chi connectivity index (χ4n) is 3.91. The van der Waals surface area contributed by atoms with Crippen LogP contribution < -0.4 is 0 Å². The fourth-order valence-corrected chi connectivity index (χ4v) is 3.91. The van der Waals surface area contributed by atoms with E-state index < -0.39 is 0 Å². The second-order valence-corrected chi connectivity index (χ2v) is 6.85. The maximum absolute atomic E-state index is 13.5. The first-order valence-corrected chi connectivity index (χ1v) is 9.12. The van der Waals surface area contributed by atoms with Crippen molar-refractivity contribution in [3.8, 4) is 11.5 Å². The van der Waals surface area contributed by atoms with Gasteiger partial charge >= 0.3 is 0 Å². The predicted molar refractivity (Wildman–Crippen MR) is 103 cm³/mol. The summed E-state index contributed by atoms with van der Waals surface area (Å²) in [6.45, 7) is 3.58. The smallest absolute Gasteiger partial charge is 0.255 e. The van der Waals surface area contributed by atoms with Crippen LogP contribution in [0.25, 0.3) is 22.4 Å². The number of carbonyl (C=O) groups is 1. The average Bonchev–Trinajstić information content (AvgIpc) is 3.39. The molecule has 1 amide bonds. The molecule has 0 saturated heterocycles. The van der Waals surface area contributed by atoms with Crippen LogP contribution in [0.3, 0.4) is 0 Å². The number of pyridine rings is 1. The number of para-hydroxylation sites is 1. The third-order valence-electron chi connectivity index (χ3n) is 5.32. The van der Waals surface area contributed by atoms with Crippen LogP contribution in [-0.4, -0.2) is 26.9 Å². The highest BCUT2D eigenvalue weighted by Gasteiger charge is 2.29. The molecule has 0 radical (unpaired) electrons. The first-order chi connectivity index (χ1) is 13.2. The third kappa shape index (κ3) is 2.54. The van der Waals surface area contributed by atoms with E-state index in [2.05, 4.69) is 28.7 Å². The molecule has 1 aliphatic heterocycles. The highest BCUT2D eigenvalue weighted by Crippen LogP contribution is 2.30. The number of amides is 1. The second kappa shape index (κ2) is 6.13. The minimum atomic E-state index is 0.0280. The van der Waals surface area contributed by atoms with E-state index in [9.17, 15) is 4.79 Å². The van der Waals surface area contributed by atoms with Crippen molar-refractivity contribution >= 4 is 16.8 Å². The monoisotopic (exact) mass is 357 g/mol. The van der Waals surface area contributed by atoms with Crippen LogP contribution in [0.2, 0.25) is 0 Å². The summed E-state index contributed by atoms with van der Waals surface area (Å²) in [6, 6.07) is 17.5. The molecule has 3 aromatic heterocycles. The Balaban J connectivity index is 1.63. The van der Waals surface area contributed by atoms with Gasteiger partial charge in [0.2, 0.25) is 0 Å². The Bertz CT molecular complexity index is 1130. The molecule has 1 unspecified atom stereocenters. The van der Waals surface area contributed by atoms with E-state index >= 15 is 0 Å². The number of rotatable bonds is 2. The molecule has 5 rings (SSSR count). The van der Waals surface area contributed by atoms with E-state index in [1.807, 2.05) is 53.4 Å². The molecule has 1 aromatic carbocycles. The second-order valence-electron chi connectivity index (χ2n) is 6.85. The Hall–Kier alpha value is -3.34. The van der Waals surface area contributed by atoms with E-state index in [0.717, 1.165) is 17.4 Å². The lowest BCUT2D eigenvalue weighted by atomic mass is 10.0. The molecule has 0 saturated carbocycles. The first-order valence-electron chi connectivity index (χ1n) is 9.12. The van der Waals surface area contributed by atoms with Crippen LogP contribution in [0.1, 0.15) is 29.0 Å². The summed E-state index contributed by atoms with van der Waals surface area (Å²) in [4.78, 5) is 20.2. The predicted octanol–water partition coefficient (Wildman–Crippen LogP) is 4.51. The molecule has 134 valence electrons. The number of aromatic nitrogens is 2. The zero-order valence-electron chi connectivity index (χ0n) is 15.0. The van der Waals surface area contributed by atoms with Crippen LogP contribution in [0, 0.1) is 0 Å². The van der Waals surface area contributed by atoms with Gasteiger partial charge in [-0.1, -0.05) is 18.2 Å². The molecule has 1 atom stereocenters. The quantitative estimate of drug-likeness (QED) is 0.530. The van der Waals surface area contributed by atoms with Crippen LogP contribution in [0.4, 0.5) is 0 Å². The van der Waals surface area contributed by atoms with E-state index in [-0.39, 0.29) is 11.9 Å². The minimum Gasteiger partial charge on any atom is -0.463 e. The van der Waals surface area contributed by atoms with Gasteiger partial charge < -0.3 is 13.9 Å². The fraction of sp³-hybridized carbons (Fsp3) is 0.182. The van der Waals surface area contributed by atoms with Crippen LogP contribution in [0.5, 0.6) is 0 Å². The minimum absolute atomic E-state index is 0.0280. The van der Waals surface area contributed by atoms with Crippen LogP contribution in [-0.2, 0) is 6.54 Å². The largest absolute Gasteiger partial charge is 0.463 e. The summed E-state index contributed by atoms with van der Waals surface area (Å²) in [5, 5.41) is 0.867. The van der Waals surface area contributed by atoms with Crippen molar-refractivity contribution in [3.63, 3.8) is 0 Å². The summed E-state index contributed by atoms with van der Waals surface area (Å²) in [5.41, 5.74) is 3.30. The van der Waals surface area contributed by atoms with Gasteiger partial charge in [0.25, 0.3) is 5.91 Å². The van der Waals surface area contributed by atoms with Gasteiger partial charge in [0, 0.05) is 30.4 Å². The lowest BCUT2D eigenvalue weighted by Gasteiger charge is -2.35. The Labute approximate surface area is 156 Å². The Kier molecular flexibility index (Phi) is 3.60. The number of furan rings is 1. The zero-order chi connectivity index (χ0) is 18.4. The third-order valence-corrected chi connectivity index (χ3v) is 5.32. The maximum atomic E-state index is 13.5. The van der Waals surface area contributed by atoms with E-state index in [0.29, 0.717) is 23.6 Å². The van der Waals surface area contributed by atoms with Crippen LogP contribution >= 0.6 is 0 Å². The number of benzene rings is 1. The molecule has 27 heavy (non-hydrogen) atoms. The normalized spacial score (nSPS) is 16.5. The van der Waals surface area contributed by atoms with E-state index in [1.54, 1.807) is 6.26 Å². The summed E-state index contributed by atoms with van der Waals surface area (Å²) in [6.07, 6.45) is 3.69. The van der Waals surface area contributed by atoms with Crippen molar-refractivity contribution < 1.29 is 9.21 Å². The Morgan fingerprint density at radius 1 is 1.11 bits per heavy atom. The molecule has 0 spiro atoms. The molecule has 0 N–H and O–H groups in total. The maximum Gasteiger partial charge on any atom is 0.255 e. The molecule has 4 heterocycles. The lowest BCUT2D eigenvalue weighted by Crippen LogP contribution is -2.40. The molecule has 0 fully saturated rings. The lowest BCUT2D eigenvalue weighted by molar-refractivity contribution is 0.0646. The van der Waals surface area contributed by atoms with Gasteiger partial charge in [-0.25, -0.2) is 4.98 Å². The van der Waals surface area contributed by atoms with Gasteiger partial charge in [-0.2, -0.15) is 0 Å². The van der Waals surface area contributed by atoms with Crippen molar-refractivity contribution in [3.05, 3.63) is 78.3 Å². The van der Waals surface area contributed by atoms with Gasteiger partial charge in [-0.05, 0) is 43.3 Å². The number of hydrogen-bond donors (Lipinski definition) is 0. The topological polar surface area (TPSA) is 51.3 Å². The summed E-state index contributed by atoms with van der Waals surface area (Å²) in [5.74, 6) is 0.691. The standard InChI is InChI=1S/C22H19N3O2/c1-15-20-8-4-10-24(20)11-12-25(15)22(26)17-14-19(21-9-5-13-27-21)23-18-7-3-2-6-16(17)18/h2-10,13-15H,11-12H2,1H3. The molecule has 0 aliphatic carbocycles. The molecule has 5 heteroatoms. The van der Waals surface area contributed by atoms with Crippen molar-refractivity contribution in [1.82, 2.24) is 14.5 Å². The number of fused-ring (bicyclic) bond motifs is 2. The SMILES string of the molecule is CC1c2cccn2CCN1C(=O)c1cc(-c2ccco2)nc2ccccc12. The summed E-state index contributed by atoms with van der Waals surface area (Å²) >= 11 is 0. The van der Waals surface area contributed by atoms with Gasteiger partial charge in [0.1, 0.15) is 5.69 Å². The van der Waals surface area contributed by atoms with Crippen molar-refractivity contribution in [1.29, 1.82) is 0 Å². The average molecular weight is 357 g/mol. The first kappa shape index (κ1) is 15.9. The highest BCUT2D eigenvalue weighted by atomic mass is 16.3. The van der Waals surface area contributed by atoms with Crippen molar-refractivity contribution in [2.45, 2.75) is 19.5 Å². The van der Waals surface area contributed by atoms with Gasteiger partial charge in [0.05, 0.1) is 23.4 Å². The van der Waals surface area contributed by atoms with Gasteiger partial charge in [0.15, 0.2) is 5.76 Å². The molecule has 5 nitrogen and oxygen atoms in total. The summed E-state index contributed by atoms with van der Waals surface area (Å²) < 4.78 is 7.73. The van der Waals surface area contributed by atoms with E-state index in [1.165, 1.54) is 5.69 Å². The van der Waals surface area contributed by atoms with Crippen molar-refractivity contribution in [2.75, 3.05) is 6.54 Å². The highest BCUT2D eigenvalue weighted by molar-refractivity contribution is 6.07. The zero-order valence-corrected chi connectivity index (χ0v) is 15.0. The Morgan fingerprint density at radius 3 is 2.85 bits per heavy atom. The summed E-state index contributed by atoms with van der Waals surface area (Å²) in [7, 11) is 0. The molecule has 0 bridgehead atoms. The van der Waals surface area contributed by atoms with Crippen molar-refractivity contribution in [2.24, 2.45) is 0 Å². The number of hydrogen-bond acceptors (Lipinski definition) is 3. The van der Waals surface area contributed by atoms with Gasteiger partial charge in [-0.3, -0.25) is 4.79 Å². The van der Waals surface area contributed by atoms with E-state index in [4.69, 9.17) is 4.42 Å². The molecular weight excluding hydrogens is 338 g/mol. The van der Waals surface area contributed by atoms with Gasteiger partial charge in [-0.15, -0.1) is 0 Å². The number of carbonyl (C=O) groups excluding carboxylic acids is 1. The molecule has 4 aromatic rings. The molecule has 1 aliphatic rings. The molecular formula is C22H19N3O2. The Morgan fingerprint density at radius 2 is 2.00 bits per heavy atom.